The fraction of sp³-hybridized carbons (Fsp3) is 0.235. The molecule has 0 aliphatic heterocycles. The van der Waals surface area contributed by atoms with Crippen LogP contribution in [0.1, 0.15) is 11.1 Å². The average Bonchev–Trinajstić information content (AvgIpc) is 2.41. The lowest BCUT2D eigenvalue weighted by molar-refractivity contribution is -0.117. The Morgan fingerprint density at radius 3 is 2.57 bits per heavy atom. The minimum absolute atomic E-state index is 0.0325. The van der Waals surface area contributed by atoms with Crippen LogP contribution in [-0.4, -0.2) is 24.4 Å². The molecule has 0 bridgehead atoms. The largest absolute Gasteiger partial charge is 0.399 e. The number of nitrogens with two attached hydrogens (primary N) is 1. The number of nitrogens with zero attached hydrogens (tertiary/aromatic N) is 1. The van der Waals surface area contributed by atoms with Crippen molar-refractivity contribution in [2.75, 3.05) is 24.6 Å². The van der Waals surface area contributed by atoms with Crippen LogP contribution in [0.2, 0.25) is 0 Å². The highest BCUT2D eigenvalue weighted by atomic mass is 16.2. The molecule has 4 nitrogen and oxygen atoms in total. The van der Waals surface area contributed by atoms with E-state index in [2.05, 4.69) is 30.4 Å². The molecule has 2 aromatic rings. The zero-order chi connectivity index (χ0) is 15.2. The van der Waals surface area contributed by atoms with Crippen molar-refractivity contribution in [3.8, 4) is 0 Å². The van der Waals surface area contributed by atoms with Crippen molar-refractivity contribution in [1.82, 2.24) is 4.90 Å². The maximum absolute atomic E-state index is 12.0. The van der Waals surface area contributed by atoms with E-state index in [1.165, 1.54) is 11.1 Å². The third-order valence-corrected chi connectivity index (χ3v) is 3.14. The molecule has 0 fully saturated rings. The number of hydrogen-bond acceptors (Lipinski definition) is 3. The number of benzene rings is 2. The fourth-order valence-corrected chi connectivity index (χ4v) is 2.19. The second kappa shape index (κ2) is 6.90. The first-order chi connectivity index (χ1) is 10.0. The van der Waals surface area contributed by atoms with Gasteiger partial charge in [0.05, 0.1) is 6.54 Å². The topological polar surface area (TPSA) is 58.4 Å². The smallest absolute Gasteiger partial charge is 0.238 e. The minimum atomic E-state index is -0.0325. The van der Waals surface area contributed by atoms with Crippen LogP contribution in [-0.2, 0) is 11.3 Å². The number of carbonyl (C=O) groups is 1. The molecule has 3 N–H and O–H groups in total. The number of nitrogens with one attached hydrogen (secondary N) is 1. The van der Waals surface area contributed by atoms with E-state index in [-0.39, 0.29) is 5.91 Å². The van der Waals surface area contributed by atoms with Gasteiger partial charge in [0, 0.05) is 17.9 Å². The highest BCUT2D eigenvalue weighted by Crippen LogP contribution is 2.11. The molecular weight excluding hydrogens is 262 g/mol. The van der Waals surface area contributed by atoms with Crippen LogP contribution >= 0.6 is 0 Å². The van der Waals surface area contributed by atoms with E-state index < -0.39 is 0 Å². The van der Waals surface area contributed by atoms with Crippen molar-refractivity contribution in [2.24, 2.45) is 0 Å². The Kier molecular flexibility index (Phi) is 4.95. The van der Waals surface area contributed by atoms with Crippen LogP contribution in [0, 0.1) is 6.92 Å². The molecule has 1 amide bonds. The van der Waals surface area contributed by atoms with E-state index in [0.29, 0.717) is 12.2 Å². The number of amides is 1. The minimum Gasteiger partial charge on any atom is -0.399 e. The lowest BCUT2D eigenvalue weighted by atomic mass is 10.1. The molecule has 0 atom stereocenters. The molecule has 0 aliphatic carbocycles. The van der Waals surface area contributed by atoms with Gasteiger partial charge in [-0.25, -0.2) is 0 Å². The molecular formula is C17H21N3O. The van der Waals surface area contributed by atoms with Gasteiger partial charge in [-0.2, -0.15) is 0 Å². The van der Waals surface area contributed by atoms with E-state index >= 15 is 0 Å². The van der Waals surface area contributed by atoms with Crippen molar-refractivity contribution >= 4 is 17.3 Å². The van der Waals surface area contributed by atoms with Crippen LogP contribution < -0.4 is 11.1 Å². The van der Waals surface area contributed by atoms with Crippen molar-refractivity contribution in [3.05, 3.63) is 59.7 Å². The van der Waals surface area contributed by atoms with E-state index in [0.717, 1.165) is 12.2 Å². The lowest BCUT2D eigenvalue weighted by Crippen LogP contribution is -2.29. The number of hydrogen-bond donors (Lipinski definition) is 2. The predicted molar refractivity (Wildman–Crippen MR) is 87.0 cm³/mol. The Morgan fingerprint density at radius 2 is 1.90 bits per heavy atom. The molecule has 0 spiro atoms. The van der Waals surface area contributed by atoms with Crippen LogP contribution in [0.3, 0.4) is 0 Å². The first-order valence-corrected chi connectivity index (χ1v) is 6.92. The Bertz CT molecular complexity index is 608. The zero-order valence-electron chi connectivity index (χ0n) is 12.5. The maximum Gasteiger partial charge on any atom is 0.238 e. The molecule has 110 valence electrons. The summed E-state index contributed by atoms with van der Waals surface area (Å²) in [6.45, 7) is 3.16. The van der Waals surface area contributed by atoms with E-state index in [9.17, 15) is 4.79 Å². The van der Waals surface area contributed by atoms with Gasteiger partial charge in [-0.1, -0.05) is 29.8 Å². The van der Waals surface area contributed by atoms with Crippen LogP contribution in [0.5, 0.6) is 0 Å². The molecule has 0 aromatic heterocycles. The predicted octanol–water partition coefficient (Wildman–Crippen LogP) is 2.65. The molecule has 0 saturated carbocycles. The molecule has 2 rings (SSSR count). The molecule has 0 unspecified atom stereocenters. The molecule has 0 heterocycles. The molecule has 4 heteroatoms. The van der Waals surface area contributed by atoms with Gasteiger partial charge in [-0.15, -0.1) is 0 Å². The standard InChI is InChI=1S/C17H21N3O/c1-13-4-3-5-14(10-13)11-20(2)12-17(21)19-16-8-6-15(18)7-9-16/h3-10H,11-12,18H2,1-2H3,(H,19,21). The van der Waals surface area contributed by atoms with Gasteiger partial charge in [0.15, 0.2) is 0 Å². The normalized spacial score (nSPS) is 10.6. The summed E-state index contributed by atoms with van der Waals surface area (Å²) in [6, 6.07) is 15.4. The second-order valence-electron chi connectivity index (χ2n) is 5.33. The van der Waals surface area contributed by atoms with Crippen molar-refractivity contribution in [1.29, 1.82) is 0 Å². The van der Waals surface area contributed by atoms with Gasteiger partial charge in [-0.05, 0) is 43.8 Å². The molecule has 0 saturated heterocycles. The lowest BCUT2D eigenvalue weighted by Gasteiger charge is -2.16. The van der Waals surface area contributed by atoms with Gasteiger partial charge in [0.1, 0.15) is 0 Å². The van der Waals surface area contributed by atoms with Crippen molar-refractivity contribution in [2.45, 2.75) is 13.5 Å². The summed E-state index contributed by atoms with van der Waals surface area (Å²) < 4.78 is 0. The van der Waals surface area contributed by atoms with Crippen molar-refractivity contribution < 1.29 is 4.79 Å². The number of nitrogen functional groups attached to an aromatic ring is 1. The summed E-state index contributed by atoms with van der Waals surface area (Å²) in [4.78, 5) is 14.0. The number of likely N-dealkylation sites (N-methyl/N-ethyl adjacent to an activating group) is 1. The van der Waals surface area contributed by atoms with Gasteiger partial charge >= 0.3 is 0 Å². The molecule has 0 radical (unpaired) electrons. The summed E-state index contributed by atoms with van der Waals surface area (Å²) in [5, 5.41) is 2.86. The van der Waals surface area contributed by atoms with Crippen LogP contribution in [0.15, 0.2) is 48.5 Å². The Balaban J connectivity index is 1.86. The molecule has 0 aliphatic rings. The highest BCUT2D eigenvalue weighted by molar-refractivity contribution is 5.92. The number of carbonyl (C=O) groups excluding carboxylic acids is 1. The molecule has 2 aromatic carbocycles. The summed E-state index contributed by atoms with van der Waals surface area (Å²) >= 11 is 0. The van der Waals surface area contributed by atoms with Gasteiger partial charge in [0.25, 0.3) is 0 Å². The Labute approximate surface area is 125 Å². The zero-order valence-corrected chi connectivity index (χ0v) is 12.5. The van der Waals surface area contributed by atoms with E-state index in [4.69, 9.17) is 5.73 Å². The monoisotopic (exact) mass is 283 g/mol. The fourth-order valence-electron chi connectivity index (χ4n) is 2.19. The Hall–Kier alpha value is -2.33. The molecule has 21 heavy (non-hydrogen) atoms. The SMILES string of the molecule is Cc1cccc(CN(C)CC(=O)Nc2ccc(N)cc2)c1. The number of rotatable bonds is 5. The summed E-state index contributed by atoms with van der Waals surface area (Å²) in [6.07, 6.45) is 0. The van der Waals surface area contributed by atoms with Crippen molar-refractivity contribution in [3.63, 3.8) is 0 Å². The van der Waals surface area contributed by atoms with Gasteiger partial charge in [-0.3, -0.25) is 9.69 Å². The summed E-state index contributed by atoms with van der Waals surface area (Å²) in [7, 11) is 1.94. The number of aryl methyl sites for hydroxylation is 1. The highest BCUT2D eigenvalue weighted by Gasteiger charge is 2.07. The first-order valence-electron chi connectivity index (χ1n) is 6.92. The third kappa shape index (κ3) is 4.93. The quantitative estimate of drug-likeness (QED) is 0.829. The van der Waals surface area contributed by atoms with Crippen LogP contribution in [0.25, 0.3) is 0 Å². The summed E-state index contributed by atoms with van der Waals surface area (Å²) in [5.41, 5.74) is 9.50. The Morgan fingerprint density at radius 1 is 1.19 bits per heavy atom. The average molecular weight is 283 g/mol. The van der Waals surface area contributed by atoms with E-state index in [1.807, 2.05) is 18.0 Å². The number of anilines is 2. The third-order valence-electron chi connectivity index (χ3n) is 3.14. The van der Waals surface area contributed by atoms with Crippen LogP contribution in [0.4, 0.5) is 11.4 Å². The van der Waals surface area contributed by atoms with Gasteiger partial charge < -0.3 is 11.1 Å². The maximum atomic E-state index is 12.0. The second-order valence-corrected chi connectivity index (χ2v) is 5.33. The van der Waals surface area contributed by atoms with E-state index in [1.54, 1.807) is 24.3 Å². The van der Waals surface area contributed by atoms with Gasteiger partial charge in [0.2, 0.25) is 5.91 Å². The summed E-state index contributed by atoms with van der Waals surface area (Å²) in [5.74, 6) is -0.0325. The first kappa shape index (κ1) is 15.1.